The lowest BCUT2D eigenvalue weighted by Crippen LogP contribution is -2.29. The summed E-state index contributed by atoms with van der Waals surface area (Å²) in [7, 11) is 0.773. The van der Waals surface area contributed by atoms with Crippen molar-refractivity contribution in [2.45, 2.75) is 64.2 Å². The van der Waals surface area contributed by atoms with Crippen molar-refractivity contribution in [3.63, 3.8) is 0 Å². The molecule has 0 aliphatic rings. The number of hydrogen-bond donors (Lipinski definition) is 1. The molecular formula is C31H41N5O6S. The van der Waals surface area contributed by atoms with Crippen LogP contribution in [0.4, 0.5) is 0 Å². The molecule has 0 saturated heterocycles. The number of aromatic nitrogens is 4. The molecule has 0 unspecified atom stereocenters. The van der Waals surface area contributed by atoms with Crippen LogP contribution in [-0.2, 0) is 22.9 Å². The summed E-state index contributed by atoms with van der Waals surface area (Å²) in [5, 5.41) is 4.73. The number of benzene rings is 2. The average Bonchev–Trinajstić information content (AvgIpc) is 3.33. The van der Waals surface area contributed by atoms with Gasteiger partial charge < -0.3 is 19.2 Å². The molecule has 43 heavy (non-hydrogen) atoms. The normalized spacial score (nSPS) is 11.8. The highest BCUT2D eigenvalue weighted by atomic mass is 32.2. The molecule has 2 heterocycles. The number of methoxy groups -OCH3 is 2. The number of aryl methyl sites for hydroxylation is 2. The first kappa shape index (κ1) is 32.0. The van der Waals surface area contributed by atoms with Gasteiger partial charge in [0.2, 0.25) is 10.0 Å². The van der Waals surface area contributed by atoms with Gasteiger partial charge in [-0.25, -0.2) is 22.2 Å². The van der Waals surface area contributed by atoms with Crippen molar-refractivity contribution < 1.29 is 22.6 Å². The maximum absolute atomic E-state index is 13.7. The average molecular weight is 612 g/mol. The Labute approximate surface area is 252 Å². The highest BCUT2D eigenvalue weighted by Gasteiger charge is 2.24. The zero-order valence-corrected chi connectivity index (χ0v) is 26.6. The standard InChI is InChI=1S/C31H41N5O6S/c1-7-9-10-11-12-28-32-21(3)29-31(37)33-30(34-36(28)29)24-20-23(14-16-25(24)42-8-2)43(38,39)35(4)18-17-22-13-15-26(40-5)27(19-22)41-6/h13-16,19-20H,7-12,17-18H2,1-6H3,(H,33,34,37). The van der Waals surface area contributed by atoms with E-state index in [1.807, 2.05) is 19.1 Å². The lowest BCUT2D eigenvalue weighted by atomic mass is 10.1. The summed E-state index contributed by atoms with van der Waals surface area (Å²) < 4.78 is 46.7. The number of sulfonamides is 1. The molecule has 2 aromatic heterocycles. The molecule has 4 rings (SSSR count). The summed E-state index contributed by atoms with van der Waals surface area (Å²) in [5.74, 6) is 2.51. The van der Waals surface area contributed by atoms with Crippen molar-refractivity contribution in [2.24, 2.45) is 0 Å². The molecule has 4 aromatic rings. The van der Waals surface area contributed by atoms with Gasteiger partial charge in [-0.3, -0.25) is 4.79 Å². The molecule has 0 fully saturated rings. The summed E-state index contributed by atoms with van der Waals surface area (Å²) >= 11 is 0. The van der Waals surface area contributed by atoms with Crippen molar-refractivity contribution in [3.05, 3.63) is 63.8 Å². The van der Waals surface area contributed by atoms with E-state index >= 15 is 0 Å². The quantitative estimate of drug-likeness (QED) is 0.190. The van der Waals surface area contributed by atoms with Crippen molar-refractivity contribution in [3.8, 4) is 28.6 Å². The van der Waals surface area contributed by atoms with Crippen LogP contribution in [-0.4, -0.2) is 66.7 Å². The fourth-order valence-corrected chi connectivity index (χ4v) is 6.19. The minimum Gasteiger partial charge on any atom is -0.493 e. The number of aromatic amines is 1. The predicted octanol–water partition coefficient (Wildman–Crippen LogP) is 4.79. The lowest BCUT2D eigenvalue weighted by molar-refractivity contribution is 0.341. The molecule has 0 atom stereocenters. The van der Waals surface area contributed by atoms with Crippen LogP contribution in [0, 0.1) is 6.92 Å². The molecule has 0 amide bonds. The van der Waals surface area contributed by atoms with E-state index in [1.54, 1.807) is 37.8 Å². The highest BCUT2D eigenvalue weighted by molar-refractivity contribution is 7.89. The van der Waals surface area contributed by atoms with Gasteiger partial charge in [0.25, 0.3) is 5.56 Å². The molecule has 0 radical (unpaired) electrons. The Kier molecular flexibility index (Phi) is 10.5. The van der Waals surface area contributed by atoms with E-state index < -0.39 is 10.0 Å². The molecule has 2 aromatic carbocycles. The van der Waals surface area contributed by atoms with Gasteiger partial charge in [0.1, 0.15) is 11.6 Å². The fraction of sp³-hybridized carbons (Fsp3) is 0.452. The first-order valence-corrected chi connectivity index (χ1v) is 16.0. The Morgan fingerprint density at radius 1 is 0.953 bits per heavy atom. The second-order valence-corrected chi connectivity index (χ2v) is 12.4. The number of ether oxygens (including phenoxy) is 3. The number of nitrogens with one attached hydrogen (secondary N) is 1. The minimum absolute atomic E-state index is 0.0603. The van der Waals surface area contributed by atoms with Gasteiger partial charge in [-0.05, 0) is 62.6 Å². The van der Waals surface area contributed by atoms with Crippen LogP contribution in [0.5, 0.6) is 17.2 Å². The molecule has 232 valence electrons. The van der Waals surface area contributed by atoms with Gasteiger partial charge in [0, 0.05) is 20.0 Å². The van der Waals surface area contributed by atoms with Gasteiger partial charge in [-0.2, -0.15) is 0 Å². The fourth-order valence-electron chi connectivity index (χ4n) is 4.99. The smallest absolute Gasteiger partial charge is 0.277 e. The molecule has 11 nitrogen and oxygen atoms in total. The summed E-state index contributed by atoms with van der Waals surface area (Å²) in [4.78, 5) is 20.7. The van der Waals surface area contributed by atoms with Crippen molar-refractivity contribution in [1.82, 2.24) is 23.9 Å². The molecule has 0 bridgehead atoms. The Morgan fingerprint density at radius 3 is 2.40 bits per heavy atom. The number of nitrogens with zero attached hydrogens (tertiary/aromatic N) is 4. The van der Waals surface area contributed by atoms with Crippen molar-refractivity contribution in [2.75, 3.05) is 34.4 Å². The molecule has 12 heteroatoms. The predicted molar refractivity (Wildman–Crippen MR) is 166 cm³/mol. The number of unbranched alkanes of at least 4 members (excludes halogenated alkanes) is 3. The Bertz CT molecular complexity index is 1730. The summed E-state index contributed by atoms with van der Waals surface area (Å²) in [6.07, 6.45) is 5.39. The molecule has 0 aliphatic heterocycles. The van der Waals surface area contributed by atoms with Gasteiger partial charge in [0.15, 0.2) is 22.8 Å². The Morgan fingerprint density at radius 2 is 1.70 bits per heavy atom. The summed E-state index contributed by atoms with van der Waals surface area (Å²) in [5.41, 5.74) is 1.91. The zero-order valence-electron chi connectivity index (χ0n) is 25.8. The van der Waals surface area contributed by atoms with Gasteiger partial charge >= 0.3 is 0 Å². The van der Waals surface area contributed by atoms with Crippen LogP contribution >= 0.6 is 0 Å². The van der Waals surface area contributed by atoms with E-state index in [2.05, 4.69) is 16.9 Å². The van der Waals surface area contributed by atoms with Crippen LogP contribution in [0.1, 0.15) is 56.6 Å². The maximum Gasteiger partial charge on any atom is 0.277 e. The number of imidazole rings is 1. The van der Waals surface area contributed by atoms with Gasteiger partial charge in [-0.1, -0.05) is 32.3 Å². The topological polar surface area (TPSA) is 128 Å². The molecule has 0 spiro atoms. The maximum atomic E-state index is 13.7. The van der Waals surface area contributed by atoms with Crippen LogP contribution in [0.2, 0.25) is 0 Å². The Balaban J connectivity index is 1.67. The van der Waals surface area contributed by atoms with E-state index in [0.717, 1.165) is 31.2 Å². The van der Waals surface area contributed by atoms with Crippen LogP contribution in [0.3, 0.4) is 0 Å². The van der Waals surface area contributed by atoms with Crippen LogP contribution in [0.25, 0.3) is 16.9 Å². The second kappa shape index (κ2) is 14.0. The second-order valence-electron chi connectivity index (χ2n) is 10.3. The third-order valence-corrected chi connectivity index (χ3v) is 9.23. The van der Waals surface area contributed by atoms with Crippen molar-refractivity contribution >= 4 is 15.5 Å². The van der Waals surface area contributed by atoms with E-state index in [4.69, 9.17) is 19.3 Å². The zero-order chi connectivity index (χ0) is 31.1. The molecule has 1 N–H and O–H groups in total. The molecule has 0 saturated carbocycles. The van der Waals surface area contributed by atoms with E-state index in [1.165, 1.54) is 23.5 Å². The first-order chi connectivity index (χ1) is 20.6. The first-order valence-electron chi connectivity index (χ1n) is 14.6. The van der Waals surface area contributed by atoms with Crippen LogP contribution in [0.15, 0.2) is 46.1 Å². The highest BCUT2D eigenvalue weighted by Crippen LogP contribution is 2.32. The number of hydrogen-bond acceptors (Lipinski definition) is 8. The van der Waals surface area contributed by atoms with Crippen molar-refractivity contribution in [1.29, 1.82) is 0 Å². The van der Waals surface area contributed by atoms with E-state index in [-0.39, 0.29) is 22.8 Å². The number of likely N-dealkylation sites (N-methyl/N-ethyl adjacent to an activating group) is 1. The van der Waals surface area contributed by atoms with E-state index in [9.17, 15) is 13.2 Å². The Hall–Kier alpha value is -3.90. The monoisotopic (exact) mass is 611 g/mol. The van der Waals surface area contributed by atoms with Crippen LogP contribution < -0.4 is 19.8 Å². The van der Waals surface area contributed by atoms with Gasteiger partial charge in [0.05, 0.1) is 37.0 Å². The lowest BCUT2D eigenvalue weighted by Gasteiger charge is -2.19. The van der Waals surface area contributed by atoms with E-state index in [0.29, 0.717) is 59.3 Å². The SMILES string of the molecule is CCCCCCc1nc(C)c2c(=O)[nH]c(-c3cc(S(=O)(=O)N(C)CCc4ccc(OC)c(OC)c4)ccc3OCC)nn12. The number of rotatable bonds is 15. The van der Waals surface area contributed by atoms with Gasteiger partial charge in [-0.15, -0.1) is 5.10 Å². The minimum atomic E-state index is -3.89. The molecule has 0 aliphatic carbocycles. The third-order valence-electron chi connectivity index (χ3n) is 7.37. The third kappa shape index (κ3) is 7.02. The largest absolute Gasteiger partial charge is 0.493 e. The summed E-state index contributed by atoms with van der Waals surface area (Å²) in [6.45, 7) is 6.37. The number of H-pyrrole nitrogens is 1. The molecular weight excluding hydrogens is 570 g/mol. The number of fused-ring (bicyclic) bond motifs is 1. The summed E-state index contributed by atoms with van der Waals surface area (Å²) in [6, 6.07) is 10.1.